The maximum absolute atomic E-state index is 6.07. The Morgan fingerprint density at radius 1 is 0.875 bits per heavy atom. The molecular weight excluding hydrogens is 218 g/mol. The van der Waals surface area contributed by atoms with Crippen LogP contribution in [0.2, 0.25) is 0 Å². The minimum atomic E-state index is -0.0528. The van der Waals surface area contributed by atoms with Crippen molar-refractivity contribution >= 4 is 12.4 Å². The molecule has 0 aliphatic carbocycles. The van der Waals surface area contributed by atoms with Gasteiger partial charge in [0.05, 0.1) is 0 Å². The molecule has 2 heteroatoms. The molecule has 0 heterocycles. The first-order chi connectivity index (χ1) is 6.91. The zero-order chi connectivity index (χ0) is 11.7. The van der Waals surface area contributed by atoms with E-state index in [2.05, 4.69) is 41.2 Å². The molecule has 0 radical (unpaired) electrons. The Morgan fingerprint density at radius 2 is 1.19 bits per heavy atom. The monoisotopic (exact) mass is 239 g/mol. The number of rotatable bonds is 2. The van der Waals surface area contributed by atoms with Crippen molar-refractivity contribution in [2.24, 2.45) is 5.73 Å². The average molecular weight is 240 g/mol. The summed E-state index contributed by atoms with van der Waals surface area (Å²) >= 11 is 0. The lowest BCUT2D eigenvalue weighted by Gasteiger charge is -2.21. The van der Waals surface area contributed by atoms with Crippen LogP contribution in [0.15, 0.2) is 12.7 Å². The molecule has 0 amide bonds. The molecule has 0 aliphatic heterocycles. The standard InChI is InChI=1S/C14H21N.ClH/c1-7-13(15)14-11(5)9(3)8(2)10(4)12(14)6;/h7,13H,1,15H2,2-6H3;1H/t13-;/m0./s1. The summed E-state index contributed by atoms with van der Waals surface area (Å²) in [4.78, 5) is 0. The second-order valence-corrected chi connectivity index (χ2v) is 4.30. The van der Waals surface area contributed by atoms with Crippen molar-refractivity contribution < 1.29 is 0 Å². The van der Waals surface area contributed by atoms with Crippen LogP contribution in [0.1, 0.15) is 39.4 Å². The van der Waals surface area contributed by atoms with Crippen molar-refractivity contribution in [1.29, 1.82) is 0 Å². The van der Waals surface area contributed by atoms with Gasteiger partial charge in [0, 0.05) is 6.04 Å². The quantitative estimate of drug-likeness (QED) is 0.780. The molecule has 2 N–H and O–H groups in total. The second kappa shape index (κ2) is 5.51. The molecule has 1 aromatic rings. The predicted molar refractivity (Wildman–Crippen MR) is 74.5 cm³/mol. The molecule has 0 unspecified atom stereocenters. The lowest BCUT2D eigenvalue weighted by molar-refractivity contribution is 0.879. The third-order valence-electron chi connectivity index (χ3n) is 3.65. The van der Waals surface area contributed by atoms with Gasteiger partial charge in [0.25, 0.3) is 0 Å². The van der Waals surface area contributed by atoms with Gasteiger partial charge in [0.1, 0.15) is 0 Å². The van der Waals surface area contributed by atoms with E-state index in [1.54, 1.807) is 0 Å². The normalized spacial score (nSPS) is 11.9. The number of nitrogens with two attached hydrogens (primary N) is 1. The molecule has 1 rings (SSSR count). The third kappa shape index (κ3) is 2.31. The highest BCUT2D eigenvalue weighted by atomic mass is 35.5. The van der Waals surface area contributed by atoms with Crippen LogP contribution in [-0.4, -0.2) is 0 Å². The van der Waals surface area contributed by atoms with E-state index in [1.807, 2.05) is 6.08 Å². The average Bonchev–Trinajstić information content (AvgIpc) is 2.23. The molecule has 0 spiro atoms. The lowest BCUT2D eigenvalue weighted by atomic mass is 9.86. The van der Waals surface area contributed by atoms with Crippen LogP contribution in [-0.2, 0) is 0 Å². The molecule has 1 nitrogen and oxygen atoms in total. The van der Waals surface area contributed by atoms with Gasteiger partial charge in [0.15, 0.2) is 0 Å². The maximum Gasteiger partial charge on any atom is 0.0484 e. The molecule has 0 bridgehead atoms. The van der Waals surface area contributed by atoms with Crippen LogP contribution in [0, 0.1) is 34.6 Å². The van der Waals surface area contributed by atoms with E-state index in [9.17, 15) is 0 Å². The van der Waals surface area contributed by atoms with Crippen molar-refractivity contribution in [3.05, 3.63) is 46.0 Å². The highest BCUT2D eigenvalue weighted by Gasteiger charge is 2.15. The Labute approximate surface area is 105 Å². The minimum Gasteiger partial charge on any atom is -0.321 e. The Balaban J connectivity index is 0.00000225. The van der Waals surface area contributed by atoms with Crippen molar-refractivity contribution in [3.8, 4) is 0 Å². The van der Waals surface area contributed by atoms with Gasteiger partial charge in [-0.25, -0.2) is 0 Å². The van der Waals surface area contributed by atoms with Crippen molar-refractivity contribution in [1.82, 2.24) is 0 Å². The van der Waals surface area contributed by atoms with Crippen LogP contribution >= 0.6 is 12.4 Å². The van der Waals surface area contributed by atoms with Gasteiger partial charge in [-0.1, -0.05) is 6.08 Å². The Morgan fingerprint density at radius 3 is 1.50 bits per heavy atom. The van der Waals surface area contributed by atoms with Gasteiger partial charge in [-0.15, -0.1) is 19.0 Å². The van der Waals surface area contributed by atoms with Gasteiger partial charge in [0.2, 0.25) is 0 Å². The van der Waals surface area contributed by atoms with E-state index in [0.717, 1.165) is 0 Å². The summed E-state index contributed by atoms with van der Waals surface area (Å²) in [6, 6.07) is -0.0528. The zero-order valence-corrected chi connectivity index (χ0v) is 11.7. The second-order valence-electron chi connectivity index (χ2n) is 4.30. The Hall–Kier alpha value is -0.790. The van der Waals surface area contributed by atoms with Crippen LogP contribution < -0.4 is 5.73 Å². The van der Waals surface area contributed by atoms with E-state index >= 15 is 0 Å². The van der Waals surface area contributed by atoms with Crippen LogP contribution in [0.25, 0.3) is 0 Å². The van der Waals surface area contributed by atoms with E-state index < -0.39 is 0 Å². The molecule has 0 saturated carbocycles. The van der Waals surface area contributed by atoms with E-state index in [1.165, 1.54) is 33.4 Å². The van der Waals surface area contributed by atoms with Gasteiger partial charge in [-0.3, -0.25) is 0 Å². The minimum absolute atomic E-state index is 0. The summed E-state index contributed by atoms with van der Waals surface area (Å²) in [7, 11) is 0. The molecule has 0 aliphatic rings. The Kier molecular flexibility index (Phi) is 5.24. The van der Waals surface area contributed by atoms with Crippen LogP contribution in [0.4, 0.5) is 0 Å². The number of hydrogen-bond donors (Lipinski definition) is 1. The first-order valence-corrected chi connectivity index (χ1v) is 5.36. The maximum atomic E-state index is 6.07. The summed E-state index contributed by atoms with van der Waals surface area (Å²) in [5.74, 6) is 0. The number of hydrogen-bond acceptors (Lipinski definition) is 1. The fourth-order valence-corrected chi connectivity index (χ4v) is 2.15. The zero-order valence-electron chi connectivity index (χ0n) is 10.8. The van der Waals surface area contributed by atoms with Crippen molar-refractivity contribution in [2.45, 2.75) is 40.7 Å². The van der Waals surface area contributed by atoms with Crippen molar-refractivity contribution in [3.63, 3.8) is 0 Å². The fraction of sp³-hybridized carbons (Fsp3) is 0.429. The smallest absolute Gasteiger partial charge is 0.0484 e. The van der Waals surface area contributed by atoms with Gasteiger partial charge in [-0.2, -0.15) is 0 Å². The summed E-state index contributed by atoms with van der Waals surface area (Å²) in [6.45, 7) is 14.6. The topological polar surface area (TPSA) is 26.0 Å². The molecular formula is C14H22ClN. The molecule has 90 valence electrons. The molecule has 0 aromatic heterocycles. The summed E-state index contributed by atoms with van der Waals surface area (Å²) in [5.41, 5.74) is 14.0. The lowest BCUT2D eigenvalue weighted by Crippen LogP contribution is -2.13. The predicted octanol–water partition coefficient (Wildman–Crippen LogP) is 3.84. The molecule has 1 atom stereocenters. The van der Waals surface area contributed by atoms with Crippen molar-refractivity contribution in [2.75, 3.05) is 0 Å². The first kappa shape index (κ1) is 15.2. The van der Waals surface area contributed by atoms with E-state index in [4.69, 9.17) is 5.73 Å². The molecule has 0 saturated heterocycles. The summed E-state index contributed by atoms with van der Waals surface area (Å²) in [6.07, 6.45) is 1.81. The highest BCUT2D eigenvalue weighted by Crippen LogP contribution is 2.29. The first-order valence-electron chi connectivity index (χ1n) is 5.36. The van der Waals surface area contributed by atoms with Gasteiger partial charge in [-0.05, 0) is 68.0 Å². The third-order valence-corrected chi connectivity index (χ3v) is 3.65. The molecule has 1 aromatic carbocycles. The van der Waals surface area contributed by atoms with Gasteiger partial charge >= 0.3 is 0 Å². The van der Waals surface area contributed by atoms with E-state index in [-0.39, 0.29) is 18.4 Å². The van der Waals surface area contributed by atoms with Crippen LogP contribution in [0.3, 0.4) is 0 Å². The van der Waals surface area contributed by atoms with Gasteiger partial charge < -0.3 is 5.73 Å². The number of benzene rings is 1. The fourth-order valence-electron chi connectivity index (χ4n) is 2.15. The highest BCUT2D eigenvalue weighted by molar-refractivity contribution is 5.85. The number of halogens is 1. The van der Waals surface area contributed by atoms with E-state index in [0.29, 0.717) is 0 Å². The summed E-state index contributed by atoms with van der Waals surface area (Å²) in [5, 5.41) is 0. The summed E-state index contributed by atoms with van der Waals surface area (Å²) < 4.78 is 0. The largest absolute Gasteiger partial charge is 0.321 e. The Bertz CT molecular complexity index is 379. The molecule has 0 fully saturated rings. The van der Waals surface area contributed by atoms with Crippen LogP contribution in [0.5, 0.6) is 0 Å². The SMILES string of the molecule is C=C[C@H](N)c1c(C)c(C)c(C)c(C)c1C.Cl. The molecule has 16 heavy (non-hydrogen) atoms.